The van der Waals surface area contributed by atoms with E-state index in [0.29, 0.717) is 5.56 Å². The Morgan fingerprint density at radius 3 is 1.86 bits per heavy atom. The van der Waals surface area contributed by atoms with Gasteiger partial charge in [-0.2, -0.15) is 13.2 Å². The van der Waals surface area contributed by atoms with E-state index in [2.05, 4.69) is 0 Å². The lowest BCUT2D eigenvalue weighted by Crippen LogP contribution is -2.41. The molecule has 1 aromatic carbocycles. The Kier molecular flexibility index (Phi) is 3.97. The van der Waals surface area contributed by atoms with Crippen molar-refractivity contribution in [3.63, 3.8) is 0 Å². The average molecular weight is 298 g/mol. The second kappa shape index (κ2) is 5.18. The maximum Gasteiger partial charge on any atom is 0.487 e. The first-order chi connectivity index (χ1) is 9.51. The Morgan fingerprint density at radius 1 is 0.952 bits per heavy atom. The van der Waals surface area contributed by atoms with E-state index >= 15 is 0 Å². The molecule has 1 aromatic rings. The molecule has 0 radical (unpaired) electrons. The van der Waals surface area contributed by atoms with E-state index in [9.17, 15) is 13.2 Å². The van der Waals surface area contributed by atoms with Crippen molar-refractivity contribution < 1.29 is 22.5 Å². The van der Waals surface area contributed by atoms with Gasteiger partial charge in [0.2, 0.25) is 0 Å². The van der Waals surface area contributed by atoms with Gasteiger partial charge in [0.15, 0.2) is 0 Å². The summed E-state index contributed by atoms with van der Waals surface area (Å²) in [6.07, 6.45) is -2.61. The van der Waals surface area contributed by atoms with Crippen molar-refractivity contribution in [1.29, 1.82) is 0 Å². The maximum atomic E-state index is 12.5. The molecule has 1 aliphatic heterocycles. The summed E-state index contributed by atoms with van der Waals surface area (Å²) in [5.41, 5.74) is -0.849. The van der Waals surface area contributed by atoms with Crippen LogP contribution in [-0.2, 0) is 15.5 Å². The van der Waals surface area contributed by atoms with E-state index in [1.165, 1.54) is 12.1 Å². The minimum Gasteiger partial charge on any atom is -0.400 e. The summed E-state index contributed by atoms with van der Waals surface area (Å²) in [6.45, 7) is 7.77. The normalized spacial score (nSPS) is 21.2. The molecular weight excluding hydrogens is 280 g/mol. The molecule has 1 heterocycles. The Balaban J connectivity index is 2.06. The summed E-state index contributed by atoms with van der Waals surface area (Å²) < 4.78 is 48.9. The smallest absolute Gasteiger partial charge is 0.400 e. The summed E-state index contributed by atoms with van der Waals surface area (Å²) in [5.74, 6) is 1.71. The number of rotatable bonds is 2. The molecule has 0 aromatic heterocycles. The second-order valence-electron chi connectivity index (χ2n) is 6.10. The van der Waals surface area contributed by atoms with Crippen molar-refractivity contribution in [3.05, 3.63) is 41.4 Å². The molecular formula is C15H18BF3O2. The molecule has 0 atom stereocenters. The fourth-order valence-electron chi connectivity index (χ4n) is 1.94. The zero-order valence-corrected chi connectivity index (χ0v) is 12.5. The van der Waals surface area contributed by atoms with Gasteiger partial charge in [-0.3, -0.25) is 0 Å². The van der Waals surface area contributed by atoms with E-state index in [1.807, 2.05) is 27.7 Å². The van der Waals surface area contributed by atoms with Crippen molar-refractivity contribution in [2.24, 2.45) is 0 Å². The Morgan fingerprint density at radius 2 is 1.43 bits per heavy atom. The largest absolute Gasteiger partial charge is 0.487 e. The van der Waals surface area contributed by atoms with E-state index in [0.717, 1.165) is 12.1 Å². The Labute approximate surface area is 123 Å². The van der Waals surface area contributed by atoms with Crippen LogP contribution in [-0.4, -0.2) is 18.3 Å². The van der Waals surface area contributed by atoms with Crippen molar-refractivity contribution in [2.75, 3.05) is 0 Å². The van der Waals surface area contributed by atoms with Crippen molar-refractivity contribution in [1.82, 2.24) is 0 Å². The average Bonchev–Trinajstić information content (AvgIpc) is 2.55. The maximum absolute atomic E-state index is 12.5. The van der Waals surface area contributed by atoms with E-state index in [4.69, 9.17) is 9.31 Å². The summed E-state index contributed by atoms with van der Waals surface area (Å²) >= 11 is 0. The highest BCUT2D eigenvalue weighted by molar-refractivity contribution is 6.52. The number of benzene rings is 1. The predicted octanol–water partition coefficient (Wildman–Crippen LogP) is 4.35. The molecule has 0 spiro atoms. The third kappa shape index (κ3) is 3.50. The van der Waals surface area contributed by atoms with Gasteiger partial charge in [-0.25, -0.2) is 0 Å². The van der Waals surface area contributed by atoms with Gasteiger partial charge in [0.25, 0.3) is 0 Å². The summed E-state index contributed by atoms with van der Waals surface area (Å²) in [7, 11) is -0.503. The quantitative estimate of drug-likeness (QED) is 0.756. The molecule has 2 rings (SSSR count). The zero-order valence-electron chi connectivity index (χ0n) is 12.5. The van der Waals surface area contributed by atoms with Gasteiger partial charge < -0.3 is 9.31 Å². The first kappa shape index (κ1) is 16.1. The lowest BCUT2D eigenvalue weighted by atomic mass is 9.89. The van der Waals surface area contributed by atoms with Crippen LogP contribution < -0.4 is 0 Å². The highest BCUT2D eigenvalue weighted by Gasteiger charge is 2.49. The van der Waals surface area contributed by atoms with Gasteiger partial charge in [0, 0.05) is 0 Å². The third-order valence-electron chi connectivity index (χ3n) is 3.96. The van der Waals surface area contributed by atoms with Crippen molar-refractivity contribution in [2.45, 2.75) is 45.1 Å². The summed E-state index contributed by atoms with van der Waals surface area (Å²) in [6, 6.07) is 4.96. The number of halogens is 3. The fourth-order valence-corrected chi connectivity index (χ4v) is 1.94. The van der Waals surface area contributed by atoms with E-state index in [-0.39, 0.29) is 0 Å². The molecule has 1 saturated heterocycles. The first-order valence-electron chi connectivity index (χ1n) is 6.72. The topological polar surface area (TPSA) is 18.5 Å². The molecule has 0 N–H and O–H groups in total. The van der Waals surface area contributed by atoms with Crippen LogP contribution in [0.25, 0.3) is 6.08 Å². The lowest BCUT2D eigenvalue weighted by molar-refractivity contribution is -0.137. The van der Waals surface area contributed by atoms with Gasteiger partial charge in [-0.1, -0.05) is 24.2 Å². The highest BCUT2D eigenvalue weighted by Crippen LogP contribution is 2.37. The van der Waals surface area contributed by atoms with Crippen LogP contribution in [0.5, 0.6) is 0 Å². The minimum absolute atomic E-state index is 0.428. The lowest BCUT2D eigenvalue weighted by Gasteiger charge is -2.32. The van der Waals surface area contributed by atoms with Gasteiger partial charge in [0.1, 0.15) is 0 Å². The molecule has 0 bridgehead atoms. The SMILES string of the molecule is CC1(C)OB(/C=C\c2ccc(C(F)(F)F)cc2)OC1(C)C. The molecule has 21 heavy (non-hydrogen) atoms. The Hall–Kier alpha value is -1.27. The van der Waals surface area contributed by atoms with Crippen LogP contribution >= 0.6 is 0 Å². The third-order valence-corrected chi connectivity index (χ3v) is 3.96. The molecule has 6 heteroatoms. The predicted molar refractivity (Wildman–Crippen MR) is 76.6 cm³/mol. The van der Waals surface area contributed by atoms with Crippen LogP contribution in [0.4, 0.5) is 13.2 Å². The fraction of sp³-hybridized carbons (Fsp3) is 0.467. The van der Waals surface area contributed by atoms with Gasteiger partial charge in [-0.15, -0.1) is 0 Å². The van der Waals surface area contributed by atoms with Gasteiger partial charge >= 0.3 is 13.3 Å². The van der Waals surface area contributed by atoms with Crippen LogP contribution in [0, 0.1) is 0 Å². The van der Waals surface area contributed by atoms with Crippen LogP contribution in [0.2, 0.25) is 0 Å². The molecule has 114 valence electrons. The molecule has 0 amide bonds. The monoisotopic (exact) mass is 298 g/mol. The van der Waals surface area contributed by atoms with Crippen LogP contribution in [0.15, 0.2) is 30.2 Å². The van der Waals surface area contributed by atoms with Crippen molar-refractivity contribution >= 4 is 13.2 Å². The minimum atomic E-state index is -4.31. The van der Waals surface area contributed by atoms with Crippen molar-refractivity contribution in [3.8, 4) is 0 Å². The summed E-state index contributed by atoms with van der Waals surface area (Å²) in [4.78, 5) is 0. The molecule has 2 nitrogen and oxygen atoms in total. The summed E-state index contributed by atoms with van der Waals surface area (Å²) in [5, 5.41) is 0. The number of alkyl halides is 3. The second-order valence-corrected chi connectivity index (χ2v) is 6.10. The molecule has 1 fully saturated rings. The molecule has 1 aliphatic rings. The first-order valence-corrected chi connectivity index (χ1v) is 6.72. The van der Waals surface area contributed by atoms with Crippen LogP contribution in [0.1, 0.15) is 38.8 Å². The zero-order chi connectivity index (χ0) is 15.9. The highest BCUT2D eigenvalue weighted by atomic mass is 19.4. The molecule has 0 aliphatic carbocycles. The van der Waals surface area contributed by atoms with Crippen LogP contribution in [0.3, 0.4) is 0 Å². The molecule has 0 saturated carbocycles. The van der Waals surface area contributed by atoms with E-state index in [1.54, 1.807) is 12.1 Å². The Bertz CT molecular complexity index is 517. The van der Waals surface area contributed by atoms with Gasteiger partial charge in [0.05, 0.1) is 16.8 Å². The number of hydrogen-bond donors (Lipinski definition) is 0. The molecule has 0 unspecified atom stereocenters. The standard InChI is InChI=1S/C15H18BF3O2/c1-13(2)14(3,4)21-16(20-13)10-9-11-5-7-12(8-6-11)15(17,18)19/h5-10H,1-4H3/b10-9-. The number of hydrogen-bond acceptors (Lipinski definition) is 2. The van der Waals surface area contributed by atoms with Gasteiger partial charge in [-0.05, 0) is 45.4 Å². The van der Waals surface area contributed by atoms with E-state index < -0.39 is 30.1 Å².